The van der Waals surface area contributed by atoms with Crippen LogP contribution in [0.1, 0.15) is 10.6 Å². The molecule has 0 bridgehead atoms. The van der Waals surface area contributed by atoms with Crippen LogP contribution < -0.4 is 10.1 Å². The number of ether oxygens (including phenoxy) is 1. The Morgan fingerprint density at radius 1 is 1.23 bits per heavy atom. The van der Waals surface area contributed by atoms with Gasteiger partial charge < -0.3 is 10.1 Å². The van der Waals surface area contributed by atoms with Crippen molar-refractivity contribution < 1.29 is 13.9 Å². The number of fused-ring (bicyclic) bond motifs is 1. The molecule has 0 fully saturated rings. The first-order chi connectivity index (χ1) is 12.7. The van der Waals surface area contributed by atoms with Gasteiger partial charge in [-0.25, -0.2) is 9.37 Å². The summed E-state index contributed by atoms with van der Waals surface area (Å²) >= 11 is 1.47. The van der Waals surface area contributed by atoms with Crippen LogP contribution >= 0.6 is 11.3 Å². The molecule has 1 aliphatic rings. The number of benzene rings is 2. The van der Waals surface area contributed by atoms with Crippen molar-refractivity contribution in [1.82, 2.24) is 10.3 Å². The number of para-hydroxylation sites is 1. The highest BCUT2D eigenvalue weighted by molar-refractivity contribution is 7.09. The third-order valence-corrected chi connectivity index (χ3v) is 5.20. The zero-order chi connectivity index (χ0) is 17.9. The summed E-state index contributed by atoms with van der Waals surface area (Å²) in [5, 5.41) is 5.67. The molecule has 0 radical (unpaired) electrons. The molecule has 0 spiro atoms. The maximum absolute atomic E-state index is 13.0. The van der Waals surface area contributed by atoms with Gasteiger partial charge in [-0.15, -0.1) is 11.3 Å². The van der Waals surface area contributed by atoms with Crippen molar-refractivity contribution in [2.75, 3.05) is 6.61 Å². The van der Waals surface area contributed by atoms with Gasteiger partial charge in [0, 0.05) is 10.9 Å². The minimum absolute atomic E-state index is 0.0296. The number of carbonyl (C=O) groups is 1. The predicted octanol–water partition coefficient (Wildman–Crippen LogP) is 3.82. The van der Waals surface area contributed by atoms with E-state index in [9.17, 15) is 9.18 Å². The van der Waals surface area contributed by atoms with Crippen molar-refractivity contribution in [3.05, 3.63) is 70.3 Å². The summed E-state index contributed by atoms with van der Waals surface area (Å²) in [7, 11) is 0. The molecule has 0 aliphatic carbocycles. The second-order valence-corrected chi connectivity index (χ2v) is 7.11. The lowest BCUT2D eigenvalue weighted by Gasteiger charge is -2.24. The number of amides is 1. The summed E-state index contributed by atoms with van der Waals surface area (Å²) in [5.74, 6) is 0.368. The van der Waals surface area contributed by atoms with Crippen LogP contribution in [0.4, 0.5) is 4.39 Å². The van der Waals surface area contributed by atoms with E-state index in [1.54, 1.807) is 12.1 Å². The van der Waals surface area contributed by atoms with E-state index in [-0.39, 0.29) is 17.6 Å². The normalized spacial score (nSPS) is 15.8. The Morgan fingerprint density at radius 3 is 2.88 bits per heavy atom. The van der Waals surface area contributed by atoms with Gasteiger partial charge in [-0.2, -0.15) is 0 Å². The minimum atomic E-state index is -0.271. The fourth-order valence-electron chi connectivity index (χ4n) is 2.95. The average Bonchev–Trinajstić information content (AvgIpc) is 3.15. The van der Waals surface area contributed by atoms with Gasteiger partial charge in [-0.1, -0.05) is 18.2 Å². The van der Waals surface area contributed by atoms with Gasteiger partial charge in [0.05, 0.1) is 18.2 Å². The molecule has 1 aliphatic heterocycles. The molecule has 4 rings (SSSR count). The van der Waals surface area contributed by atoms with Crippen LogP contribution in [0.5, 0.6) is 5.75 Å². The molecular weight excluding hydrogens is 351 g/mol. The summed E-state index contributed by atoms with van der Waals surface area (Å²) < 4.78 is 18.7. The molecule has 0 saturated carbocycles. The largest absolute Gasteiger partial charge is 0.492 e. The lowest BCUT2D eigenvalue weighted by Crippen LogP contribution is -2.37. The van der Waals surface area contributed by atoms with Crippen molar-refractivity contribution >= 4 is 17.2 Å². The maximum atomic E-state index is 13.0. The van der Waals surface area contributed by atoms with E-state index >= 15 is 0 Å². The standard InChI is InChI=1S/C20H17FN2O2S/c21-16-7-5-13(6-8-16)17-12-26-19(23-17)10-22-20(24)15-9-14-3-1-2-4-18(14)25-11-15/h1-8,12,15H,9-11H2,(H,22,24)/t15-/m1/s1. The van der Waals surface area contributed by atoms with Crippen LogP contribution in [0.15, 0.2) is 53.9 Å². The molecule has 3 aromatic rings. The topological polar surface area (TPSA) is 51.2 Å². The predicted molar refractivity (Wildman–Crippen MR) is 98.5 cm³/mol. The summed E-state index contributed by atoms with van der Waals surface area (Å²) in [4.78, 5) is 17.0. The van der Waals surface area contributed by atoms with Crippen molar-refractivity contribution in [2.45, 2.75) is 13.0 Å². The third kappa shape index (κ3) is 3.60. The van der Waals surface area contributed by atoms with Crippen LogP contribution in [0.3, 0.4) is 0 Å². The molecule has 0 saturated heterocycles. The smallest absolute Gasteiger partial charge is 0.227 e. The number of halogens is 1. The maximum Gasteiger partial charge on any atom is 0.227 e. The minimum Gasteiger partial charge on any atom is -0.492 e. The number of thiazole rings is 1. The molecule has 1 amide bonds. The van der Waals surface area contributed by atoms with E-state index in [0.717, 1.165) is 27.6 Å². The Hall–Kier alpha value is -2.73. The first-order valence-electron chi connectivity index (χ1n) is 8.38. The average molecular weight is 368 g/mol. The van der Waals surface area contributed by atoms with Crippen LogP contribution in [0.2, 0.25) is 0 Å². The second-order valence-electron chi connectivity index (χ2n) is 6.17. The van der Waals surface area contributed by atoms with Crippen LogP contribution in [0.25, 0.3) is 11.3 Å². The van der Waals surface area contributed by atoms with Crippen molar-refractivity contribution in [1.29, 1.82) is 0 Å². The van der Waals surface area contributed by atoms with Crippen molar-refractivity contribution in [2.24, 2.45) is 5.92 Å². The highest BCUT2D eigenvalue weighted by atomic mass is 32.1. The Balaban J connectivity index is 1.36. The number of nitrogens with zero attached hydrogens (tertiary/aromatic N) is 1. The van der Waals surface area contributed by atoms with Gasteiger partial charge in [0.15, 0.2) is 0 Å². The number of hydrogen-bond donors (Lipinski definition) is 1. The molecule has 1 aromatic heterocycles. The third-order valence-electron chi connectivity index (χ3n) is 4.36. The van der Waals surface area contributed by atoms with Gasteiger partial charge in [0.25, 0.3) is 0 Å². The van der Waals surface area contributed by atoms with E-state index in [2.05, 4.69) is 10.3 Å². The zero-order valence-electron chi connectivity index (χ0n) is 13.9. The molecule has 2 heterocycles. The fourth-order valence-corrected chi connectivity index (χ4v) is 3.69. The second kappa shape index (κ2) is 7.25. The summed E-state index contributed by atoms with van der Waals surface area (Å²) in [5.41, 5.74) is 2.71. The monoisotopic (exact) mass is 368 g/mol. The van der Waals surface area contributed by atoms with Crippen LogP contribution in [-0.4, -0.2) is 17.5 Å². The number of aromatic nitrogens is 1. The van der Waals surface area contributed by atoms with Gasteiger partial charge in [-0.05, 0) is 42.3 Å². The van der Waals surface area contributed by atoms with Gasteiger partial charge in [-0.3, -0.25) is 4.79 Å². The van der Waals surface area contributed by atoms with E-state index < -0.39 is 0 Å². The first-order valence-corrected chi connectivity index (χ1v) is 9.26. The van der Waals surface area contributed by atoms with Gasteiger partial charge >= 0.3 is 0 Å². The molecule has 1 atom stereocenters. The van der Waals surface area contributed by atoms with E-state index in [1.165, 1.54) is 23.5 Å². The van der Waals surface area contributed by atoms with E-state index in [4.69, 9.17) is 4.74 Å². The summed E-state index contributed by atoms with van der Waals surface area (Å²) in [6.07, 6.45) is 0.681. The Kier molecular flexibility index (Phi) is 4.67. The number of nitrogens with one attached hydrogen (secondary N) is 1. The molecule has 4 nitrogen and oxygen atoms in total. The number of rotatable bonds is 4. The lowest BCUT2D eigenvalue weighted by atomic mass is 9.96. The van der Waals surface area contributed by atoms with Crippen molar-refractivity contribution in [3.63, 3.8) is 0 Å². The molecule has 2 aromatic carbocycles. The lowest BCUT2D eigenvalue weighted by molar-refractivity contribution is -0.126. The Labute approximate surface area is 154 Å². The summed E-state index contributed by atoms with van der Waals surface area (Å²) in [6.45, 7) is 0.768. The van der Waals surface area contributed by atoms with Crippen molar-refractivity contribution in [3.8, 4) is 17.0 Å². The molecule has 0 unspecified atom stereocenters. The molecule has 132 valence electrons. The Morgan fingerprint density at radius 2 is 2.04 bits per heavy atom. The van der Waals surface area contributed by atoms with Crippen LogP contribution in [-0.2, 0) is 17.8 Å². The number of hydrogen-bond acceptors (Lipinski definition) is 4. The molecule has 26 heavy (non-hydrogen) atoms. The molecular formula is C20H17FN2O2S. The van der Waals surface area contributed by atoms with Gasteiger partial charge in [0.1, 0.15) is 23.2 Å². The van der Waals surface area contributed by atoms with E-state index in [0.29, 0.717) is 19.6 Å². The quantitative estimate of drug-likeness (QED) is 0.762. The highest BCUT2D eigenvalue weighted by Crippen LogP contribution is 2.27. The Bertz CT molecular complexity index is 924. The highest BCUT2D eigenvalue weighted by Gasteiger charge is 2.25. The fraction of sp³-hybridized carbons (Fsp3) is 0.200. The summed E-state index contributed by atoms with van der Waals surface area (Å²) in [6, 6.07) is 14.0. The number of carbonyl (C=O) groups excluding carboxylic acids is 1. The zero-order valence-corrected chi connectivity index (χ0v) is 14.8. The first kappa shape index (κ1) is 16.7. The van der Waals surface area contributed by atoms with Gasteiger partial charge in [0.2, 0.25) is 5.91 Å². The molecule has 1 N–H and O–H groups in total. The SMILES string of the molecule is O=C(NCc1nc(-c2ccc(F)cc2)cs1)[C@H]1COc2ccccc2C1. The van der Waals surface area contributed by atoms with Crippen LogP contribution in [0, 0.1) is 11.7 Å². The van der Waals surface area contributed by atoms with E-state index in [1.807, 2.05) is 29.6 Å². The molecule has 6 heteroatoms.